The number of hydrogen-bond acceptors (Lipinski definition) is 3. The zero-order valence-electron chi connectivity index (χ0n) is 9.41. The van der Waals surface area contributed by atoms with Gasteiger partial charge in [-0.1, -0.05) is 6.92 Å². The third-order valence-electron chi connectivity index (χ3n) is 3.08. The van der Waals surface area contributed by atoms with Crippen molar-refractivity contribution in [3.05, 3.63) is 0 Å². The molecule has 1 amide bonds. The molecule has 4 N–H and O–H groups in total. The van der Waals surface area contributed by atoms with Gasteiger partial charge in [0.25, 0.3) is 0 Å². The van der Waals surface area contributed by atoms with E-state index in [1.54, 1.807) is 0 Å². The largest absolute Gasteiger partial charge is 0.396 e. The predicted molar refractivity (Wildman–Crippen MR) is 59.2 cm³/mol. The molecular weight excluding hydrogens is 192 g/mol. The molecule has 1 aliphatic carbocycles. The Labute approximate surface area is 91.2 Å². The number of carbonyl (C=O) groups is 1. The summed E-state index contributed by atoms with van der Waals surface area (Å²) in [6.45, 7) is 2.60. The number of rotatable bonds is 4. The highest BCUT2D eigenvalue weighted by molar-refractivity contribution is 5.78. The maximum Gasteiger partial charge on any atom is 0.223 e. The van der Waals surface area contributed by atoms with Gasteiger partial charge in [0.15, 0.2) is 0 Å². The third-order valence-corrected chi connectivity index (χ3v) is 3.08. The van der Waals surface area contributed by atoms with Crippen LogP contribution < -0.4 is 11.1 Å². The fraction of sp³-hybridized carbons (Fsp3) is 0.909. The van der Waals surface area contributed by atoms with Gasteiger partial charge in [0, 0.05) is 25.1 Å². The van der Waals surface area contributed by atoms with Crippen molar-refractivity contribution in [2.75, 3.05) is 13.2 Å². The van der Waals surface area contributed by atoms with E-state index in [9.17, 15) is 4.79 Å². The van der Waals surface area contributed by atoms with Crippen molar-refractivity contribution in [1.82, 2.24) is 5.32 Å². The second-order valence-corrected chi connectivity index (χ2v) is 4.64. The minimum Gasteiger partial charge on any atom is -0.396 e. The summed E-state index contributed by atoms with van der Waals surface area (Å²) in [6, 6.07) is 0.283. The van der Waals surface area contributed by atoms with Gasteiger partial charge in [0.2, 0.25) is 5.91 Å². The molecular formula is C11H22N2O2. The predicted octanol–water partition coefficient (Wildman–Crippen LogP) is 0.248. The molecule has 4 heteroatoms. The van der Waals surface area contributed by atoms with Crippen LogP contribution in [0.5, 0.6) is 0 Å². The first-order valence-electron chi connectivity index (χ1n) is 5.77. The molecule has 1 unspecified atom stereocenters. The van der Waals surface area contributed by atoms with Crippen LogP contribution in [0.15, 0.2) is 0 Å². The summed E-state index contributed by atoms with van der Waals surface area (Å²) < 4.78 is 0. The van der Waals surface area contributed by atoms with Crippen molar-refractivity contribution in [3.63, 3.8) is 0 Å². The first kappa shape index (κ1) is 12.5. The average molecular weight is 214 g/mol. The monoisotopic (exact) mass is 214 g/mol. The third kappa shape index (κ3) is 4.18. The van der Waals surface area contributed by atoms with Gasteiger partial charge in [-0.15, -0.1) is 0 Å². The Hall–Kier alpha value is -0.610. The maximum absolute atomic E-state index is 11.7. The Bertz CT molecular complexity index is 201. The quantitative estimate of drug-likeness (QED) is 0.628. The molecule has 0 saturated heterocycles. The summed E-state index contributed by atoms with van der Waals surface area (Å²) in [7, 11) is 0. The summed E-state index contributed by atoms with van der Waals surface area (Å²) in [6.07, 6.45) is 3.71. The number of aliphatic hydroxyl groups is 1. The van der Waals surface area contributed by atoms with E-state index >= 15 is 0 Å². The SMILES string of the molecule is CC(CO)CNC(=O)C1CCC(N)CC1. The van der Waals surface area contributed by atoms with E-state index in [4.69, 9.17) is 10.8 Å². The van der Waals surface area contributed by atoms with Gasteiger partial charge in [-0.25, -0.2) is 0 Å². The highest BCUT2D eigenvalue weighted by Crippen LogP contribution is 2.23. The Morgan fingerprint density at radius 3 is 2.60 bits per heavy atom. The van der Waals surface area contributed by atoms with Gasteiger partial charge < -0.3 is 16.2 Å². The molecule has 1 fully saturated rings. The van der Waals surface area contributed by atoms with Crippen LogP contribution in [0.4, 0.5) is 0 Å². The molecule has 88 valence electrons. The second kappa shape index (κ2) is 6.08. The highest BCUT2D eigenvalue weighted by Gasteiger charge is 2.24. The van der Waals surface area contributed by atoms with E-state index in [1.807, 2.05) is 6.92 Å². The normalized spacial score (nSPS) is 28.5. The standard InChI is InChI=1S/C11H22N2O2/c1-8(7-14)6-13-11(15)9-2-4-10(12)5-3-9/h8-10,14H,2-7,12H2,1H3,(H,13,15). The molecule has 0 aromatic rings. The lowest BCUT2D eigenvalue weighted by molar-refractivity contribution is -0.126. The zero-order chi connectivity index (χ0) is 11.3. The van der Waals surface area contributed by atoms with Gasteiger partial charge in [0.05, 0.1) is 0 Å². The molecule has 1 saturated carbocycles. The van der Waals surface area contributed by atoms with Gasteiger partial charge in [0.1, 0.15) is 0 Å². The van der Waals surface area contributed by atoms with Crippen molar-refractivity contribution >= 4 is 5.91 Å². The summed E-state index contributed by atoms with van der Waals surface area (Å²) in [5.41, 5.74) is 5.78. The minimum atomic E-state index is 0.121. The molecule has 0 aromatic carbocycles. The lowest BCUT2D eigenvalue weighted by Gasteiger charge is -2.25. The van der Waals surface area contributed by atoms with Gasteiger partial charge in [-0.3, -0.25) is 4.79 Å². The van der Waals surface area contributed by atoms with Crippen LogP contribution in [0.25, 0.3) is 0 Å². The van der Waals surface area contributed by atoms with Crippen LogP contribution in [-0.2, 0) is 4.79 Å². The summed E-state index contributed by atoms with van der Waals surface area (Å²) in [5, 5.41) is 11.7. The number of hydrogen-bond donors (Lipinski definition) is 3. The maximum atomic E-state index is 11.7. The number of amides is 1. The van der Waals surface area contributed by atoms with Crippen LogP contribution >= 0.6 is 0 Å². The number of nitrogens with one attached hydrogen (secondary N) is 1. The Kier molecular flexibility index (Phi) is 5.05. The minimum absolute atomic E-state index is 0.121. The molecule has 0 aromatic heterocycles. The molecule has 1 atom stereocenters. The van der Waals surface area contributed by atoms with Gasteiger partial charge >= 0.3 is 0 Å². The van der Waals surface area contributed by atoms with E-state index in [-0.39, 0.29) is 30.4 Å². The Morgan fingerprint density at radius 1 is 1.47 bits per heavy atom. The molecule has 0 radical (unpaired) electrons. The Morgan fingerprint density at radius 2 is 2.07 bits per heavy atom. The van der Waals surface area contributed by atoms with Crippen molar-refractivity contribution < 1.29 is 9.90 Å². The van der Waals surface area contributed by atoms with Crippen molar-refractivity contribution in [2.24, 2.45) is 17.6 Å². The average Bonchev–Trinajstić information content (AvgIpc) is 2.26. The van der Waals surface area contributed by atoms with Crippen LogP contribution in [0, 0.1) is 11.8 Å². The lowest BCUT2D eigenvalue weighted by atomic mass is 9.86. The first-order valence-corrected chi connectivity index (χ1v) is 5.77. The topological polar surface area (TPSA) is 75.3 Å². The molecule has 15 heavy (non-hydrogen) atoms. The van der Waals surface area contributed by atoms with Gasteiger partial charge in [-0.05, 0) is 31.6 Å². The van der Waals surface area contributed by atoms with Crippen LogP contribution in [0.1, 0.15) is 32.6 Å². The molecule has 0 spiro atoms. The summed E-state index contributed by atoms with van der Waals surface area (Å²) in [4.78, 5) is 11.7. The zero-order valence-corrected chi connectivity index (χ0v) is 9.41. The first-order chi connectivity index (χ1) is 7.13. The lowest BCUT2D eigenvalue weighted by Crippen LogP contribution is -2.38. The smallest absolute Gasteiger partial charge is 0.223 e. The van der Waals surface area contributed by atoms with E-state index in [0.717, 1.165) is 25.7 Å². The molecule has 1 aliphatic rings. The number of carbonyl (C=O) groups excluding carboxylic acids is 1. The number of aliphatic hydroxyl groups excluding tert-OH is 1. The molecule has 1 rings (SSSR count). The van der Waals surface area contributed by atoms with Crippen LogP contribution in [0.2, 0.25) is 0 Å². The fourth-order valence-corrected chi connectivity index (χ4v) is 1.87. The van der Waals surface area contributed by atoms with Crippen LogP contribution in [-0.4, -0.2) is 30.2 Å². The molecule has 0 aliphatic heterocycles. The van der Waals surface area contributed by atoms with Crippen molar-refractivity contribution in [3.8, 4) is 0 Å². The van der Waals surface area contributed by atoms with E-state index in [1.165, 1.54) is 0 Å². The summed E-state index contributed by atoms with van der Waals surface area (Å²) >= 11 is 0. The van der Waals surface area contributed by atoms with Gasteiger partial charge in [-0.2, -0.15) is 0 Å². The molecule has 0 bridgehead atoms. The van der Waals surface area contributed by atoms with E-state index in [2.05, 4.69) is 5.32 Å². The molecule has 4 nitrogen and oxygen atoms in total. The fourth-order valence-electron chi connectivity index (χ4n) is 1.87. The van der Waals surface area contributed by atoms with Crippen molar-refractivity contribution in [2.45, 2.75) is 38.6 Å². The van der Waals surface area contributed by atoms with Crippen molar-refractivity contribution in [1.29, 1.82) is 0 Å². The highest BCUT2D eigenvalue weighted by atomic mass is 16.3. The van der Waals surface area contributed by atoms with Crippen LogP contribution in [0.3, 0.4) is 0 Å². The number of nitrogens with two attached hydrogens (primary N) is 1. The van der Waals surface area contributed by atoms with E-state index < -0.39 is 0 Å². The summed E-state index contributed by atoms with van der Waals surface area (Å²) in [5.74, 6) is 0.401. The second-order valence-electron chi connectivity index (χ2n) is 4.64. The Balaban J connectivity index is 2.22. The molecule has 0 heterocycles. The van der Waals surface area contributed by atoms with E-state index in [0.29, 0.717) is 6.54 Å².